The molecule has 88 valence electrons. The Hall–Kier alpha value is -0.180. The van der Waals surface area contributed by atoms with E-state index in [9.17, 15) is 4.79 Å². The van der Waals surface area contributed by atoms with Gasteiger partial charge in [-0.1, -0.05) is 26.7 Å². The third kappa shape index (κ3) is 4.92. The van der Waals surface area contributed by atoms with Crippen LogP contribution in [-0.4, -0.2) is 23.5 Å². The van der Waals surface area contributed by atoms with E-state index in [4.69, 9.17) is 0 Å². The highest BCUT2D eigenvalue weighted by Gasteiger charge is 2.15. The molecule has 0 aromatic rings. The molecule has 1 aliphatic rings. The first-order valence-electron chi connectivity index (χ1n) is 6.13. The number of hydrogen-bond acceptors (Lipinski definition) is 2. The van der Waals surface area contributed by atoms with Gasteiger partial charge in [-0.25, -0.2) is 0 Å². The molecule has 1 atom stereocenters. The van der Waals surface area contributed by atoms with Crippen LogP contribution in [0.15, 0.2) is 0 Å². The molecule has 1 fully saturated rings. The highest BCUT2D eigenvalue weighted by Crippen LogP contribution is 2.28. The van der Waals surface area contributed by atoms with E-state index in [2.05, 4.69) is 12.2 Å². The van der Waals surface area contributed by atoms with E-state index in [-0.39, 0.29) is 11.8 Å². The number of hydrogen-bond donors (Lipinski definition) is 1. The van der Waals surface area contributed by atoms with Crippen molar-refractivity contribution in [2.75, 3.05) is 12.3 Å². The van der Waals surface area contributed by atoms with Crippen LogP contribution in [0, 0.1) is 5.92 Å². The molecule has 0 heterocycles. The van der Waals surface area contributed by atoms with Crippen LogP contribution in [0.3, 0.4) is 0 Å². The summed E-state index contributed by atoms with van der Waals surface area (Å²) in [5, 5.41) is 3.86. The highest BCUT2D eigenvalue weighted by atomic mass is 32.2. The van der Waals surface area contributed by atoms with Gasteiger partial charge in [-0.3, -0.25) is 4.79 Å². The molecule has 0 saturated heterocycles. The maximum atomic E-state index is 11.4. The van der Waals surface area contributed by atoms with Gasteiger partial charge in [0.2, 0.25) is 5.91 Å². The van der Waals surface area contributed by atoms with Crippen molar-refractivity contribution >= 4 is 17.7 Å². The first-order valence-corrected chi connectivity index (χ1v) is 7.18. The zero-order valence-corrected chi connectivity index (χ0v) is 10.7. The fraction of sp³-hybridized carbons (Fsp3) is 0.917. The summed E-state index contributed by atoms with van der Waals surface area (Å²) >= 11 is 2.03. The summed E-state index contributed by atoms with van der Waals surface area (Å²) in [4.78, 5) is 11.4. The van der Waals surface area contributed by atoms with Gasteiger partial charge < -0.3 is 5.32 Å². The first-order chi connectivity index (χ1) is 7.24. The SMILES string of the molecule is CCC(C)C(=O)NCCSC1CCCC1. The highest BCUT2D eigenvalue weighted by molar-refractivity contribution is 7.99. The number of carbonyl (C=O) groups excluding carboxylic acids is 1. The summed E-state index contributed by atoms with van der Waals surface area (Å²) in [7, 11) is 0. The van der Waals surface area contributed by atoms with Crippen LogP contribution in [0.4, 0.5) is 0 Å². The van der Waals surface area contributed by atoms with Gasteiger partial charge in [0.1, 0.15) is 0 Å². The predicted octanol–water partition coefficient (Wildman–Crippen LogP) is 2.82. The van der Waals surface area contributed by atoms with E-state index in [1.165, 1.54) is 25.7 Å². The molecule has 3 heteroatoms. The lowest BCUT2D eigenvalue weighted by atomic mass is 10.1. The van der Waals surface area contributed by atoms with Crippen LogP contribution in [0.25, 0.3) is 0 Å². The first kappa shape index (κ1) is 12.9. The summed E-state index contributed by atoms with van der Waals surface area (Å²) in [5.74, 6) is 1.46. The van der Waals surface area contributed by atoms with E-state index < -0.39 is 0 Å². The van der Waals surface area contributed by atoms with Gasteiger partial charge in [-0.15, -0.1) is 0 Å². The summed E-state index contributed by atoms with van der Waals surface area (Å²) in [5.41, 5.74) is 0. The average Bonchev–Trinajstić information content (AvgIpc) is 2.75. The molecule has 1 saturated carbocycles. The third-order valence-electron chi connectivity index (χ3n) is 3.12. The zero-order valence-electron chi connectivity index (χ0n) is 9.92. The molecule has 0 aromatic carbocycles. The quantitative estimate of drug-likeness (QED) is 0.710. The molecule has 1 unspecified atom stereocenters. The Bertz CT molecular complexity index is 190. The predicted molar refractivity (Wildman–Crippen MR) is 67.2 cm³/mol. The summed E-state index contributed by atoms with van der Waals surface area (Å²) in [6.45, 7) is 4.88. The lowest BCUT2D eigenvalue weighted by molar-refractivity contribution is -0.124. The second-order valence-electron chi connectivity index (χ2n) is 4.38. The lowest BCUT2D eigenvalue weighted by Crippen LogP contribution is -2.30. The Morgan fingerprint density at radius 3 is 2.73 bits per heavy atom. The summed E-state index contributed by atoms with van der Waals surface area (Å²) in [6.07, 6.45) is 6.49. The van der Waals surface area contributed by atoms with Crippen LogP contribution in [-0.2, 0) is 4.79 Å². The molecule has 0 radical (unpaired) electrons. The molecule has 1 N–H and O–H groups in total. The molecule has 0 spiro atoms. The van der Waals surface area contributed by atoms with Gasteiger partial charge in [0.05, 0.1) is 0 Å². The van der Waals surface area contributed by atoms with E-state index in [1.54, 1.807) is 0 Å². The zero-order chi connectivity index (χ0) is 11.1. The number of rotatable bonds is 6. The van der Waals surface area contributed by atoms with E-state index >= 15 is 0 Å². The average molecular weight is 229 g/mol. The molecule has 0 aliphatic heterocycles. The minimum absolute atomic E-state index is 0.168. The number of amides is 1. The van der Waals surface area contributed by atoms with Crippen LogP contribution in [0.1, 0.15) is 46.0 Å². The number of carbonyl (C=O) groups is 1. The molecule has 0 aromatic heterocycles. The Morgan fingerprint density at radius 2 is 2.13 bits per heavy atom. The lowest BCUT2D eigenvalue weighted by Gasteiger charge is -2.11. The Kier molecular flexibility index (Phi) is 6.15. The Balaban J connectivity index is 1.98. The van der Waals surface area contributed by atoms with Crippen molar-refractivity contribution in [2.45, 2.75) is 51.2 Å². The van der Waals surface area contributed by atoms with Crippen molar-refractivity contribution in [1.29, 1.82) is 0 Å². The molecule has 1 rings (SSSR count). The number of nitrogens with one attached hydrogen (secondary N) is 1. The monoisotopic (exact) mass is 229 g/mol. The summed E-state index contributed by atoms with van der Waals surface area (Å²) in [6, 6.07) is 0. The van der Waals surface area contributed by atoms with Crippen LogP contribution >= 0.6 is 11.8 Å². The van der Waals surface area contributed by atoms with Gasteiger partial charge in [0.25, 0.3) is 0 Å². The van der Waals surface area contributed by atoms with Gasteiger partial charge in [0, 0.05) is 23.5 Å². The van der Waals surface area contributed by atoms with Crippen LogP contribution in [0.5, 0.6) is 0 Å². The molecule has 1 amide bonds. The van der Waals surface area contributed by atoms with Crippen LogP contribution < -0.4 is 5.32 Å². The smallest absolute Gasteiger partial charge is 0.222 e. The van der Waals surface area contributed by atoms with Crippen molar-refractivity contribution in [2.24, 2.45) is 5.92 Å². The van der Waals surface area contributed by atoms with Crippen molar-refractivity contribution in [3.63, 3.8) is 0 Å². The van der Waals surface area contributed by atoms with Gasteiger partial charge in [-0.05, 0) is 19.3 Å². The topological polar surface area (TPSA) is 29.1 Å². The number of thioether (sulfide) groups is 1. The van der Waals surface area contributed by atoms with Gasteiger partial charge in [0.15, 0.2) is 0 Å². The Morgan fingerprint density at radius 1 is 1.47 bits per heavy atom. The maximum Gasteiger partial charge on any atom is 0.222 e. The summed E-state index contributed by atoms with van der Waals surface area (Å²) < 4.78 is 0. The largest absolute Gasteiger partial charge is 0.355 e. The minimum atomic E-state index is 0.168. The molecular formula is C12H23NOS. The van der Waals surface area contributed by atoms with Crippen LogP contribution in [0.2, 0.25) is 0 Å². The van der Waals surface area contributed by atoms with E-state index in [0.717, 1.165) is 24.0 Å². The molecule has 0 bridgehead atoms. The molecular weight excluding hydrogens is 206 g/mol. The molecule has 1 aliphatic carbocycles. The molecule has 2 nitrogen and oxygen atoms in total. The second-order valence-corrected chi connectivity index (χ2v) is 5.79. The third-order valence-corrected chi connectivity index (χ3v) is 4.50. The normalized spacial score (nSPS) is 19.1. The van der Waals surface area contributed by atoms with Gasteiger partial charge in [-0.2, -0.15) is 11.8 Å². The van der Waals surface area contributed by atoms with Gasteiger partial charge >= 0.3 is 0 Å². The standard InChI is InChI=1S/C12H23NOS/c1-3-10(2)12(14)13-8-9-15-11-6-4-5-7-11/h10-11H,3-9H2,1-2H3,(H,13,14). The van der Waals surface area contributed by atoms with Crippen molar-refractivity contribution < 1.29 is 4.79 Å². The van der Waals surface area contributed by atoms with Crippen molar-refractivity contribution in [1.82, 2.24) is 5.32 Å². The Labute approximate surface area is 97.6 Å². The minimum Gasteiger partial charge on any atom is -0.355 e. The van der Waals surface area contributed by atoms with E-state index in [1.807, 2.05) is 18.7 Å². The maximum absolute atomic E-state index is 11.4. The fourth-order valence-electron chi connectivity index (χ4n) is 1.81. The second kappa shape index (κ2) is 7.15. The molecule has 15 heavy (non-hydrogen) atoms. The van der Waals surface area contributed by atoms with Crippen molar-refractivity contribution in [3.8, 4) is 0 Å². The van der Waals surface area contributed by atoms with E-state index in [0.29, 0.717) is 0 Å². The van der Waals surface area contributed by atoms with Crippen molar-refractivity contribution in [3.05, 3.63) is 0 Å². The fourth-order valence-corrected chi connectivity index (χ4v) is 3.03.